The maximum absolute atomic E-state index is 10.3. The Hall–Kier alpha value is -1.34. The second-order valence-corrected chi connectivity index (χ2v) is 7.83. The summed E-state index contributed by atoms with van der Waals surface area (Å²) in [5.41, 5.74) is 1.03. The smallest absolute Gasteiger partial charge is 0.124 e. The van der Waals surface area contributed by atoms with Crippen molar-refractivity contribution < 1.29 is 19.7 Å². The summed E-state index contributed by atoms with van der Waals surface area (Å²) in [7, 11) is 1.66. The van der Waals surface area contributed by atoms with E-state index in [0.29, 0.717) is 19.0 Å². The van der Waals surface area contributed by atoms with Gasteiger partial charge in [-0.1, -0.05) is 13.8 Å². The topological polar surface area (TPSA) is 74.2 Å². The molecular weight excluding hydrogens is 344 g/mol. The van der Waals surface area contributed by atoms with E-state index in [4.69, 9.17) is 9.47 Å². The van der Waals surface area contributed by atoms with Crippen molar-refractivity contribution in [3.8, 4) is 11.5 Å². The average Bonchev–Trinajstić information content (AvgIpc) is 2.65. The van der Waals surface area contributed by atoms with Gasteiger partial charge in [-0.25, -0.2) is 0 Å². The highest BCUT2D eigenvalue weighted by Gasteiger charge is 2.19. The van der Waals surface area contributed by atoms with Gasteiger partial charge in [0.15, 0.2) is 0 Å². The molecule has 1 aliphatic rings. The third-order valence-corrected chi connectivity index (χ3v) is 4.94. The average molecular weight is 381 g/mol. The molecule has 1 heterocycles. The molecule has 0 aliphatic carbocycles. The number of benzene rings is 1. The highest BCUT2D eigenvalue weighted by Crippen LogP contribution is 2.24. The summed E-state index contributed by atoms with van der Waals surface area (Å²) in [6, 6.07) is 5.77. The van der Waals surface area contributed by atoms with Crippen LogP contribution in [0.3, 0.4) is 0 Å². The third-order valence-electron chi connectivity index (χ3n) is 4.94. The molecule has 0 spiro atoms. The van der Waals surface area contributed by atoms with Crippen molar-refractivity contribution in [1.29, 1.82) is 0 Å². The summed E-state index contributed by atoms with van der Waals surface area (Å²) in [5, 5.41) is 23.4. The maximum atomic E-state index is 10.3. The maximum Gasteiger partial charge on any atom is 0.124 e. The van der Waals surface area contributed by atoms with Gasteiger partial charge in [0.05, 0.1) is 13.2 Å². The fourth-order valence-electron chi connectivity index (χ4n) is 3.21. The van der Waals surface area contributed by atoms with E-state index >= 15 is 0 Å². The number of hydrogen-bond acceptors (Lipinski definition) is 6. The van der Waals surface area contributed by atoms with Gasteiger partial charge in [-0.05, 0) is 49.9 Å². The molecule has 1 atom stereocenters. The van der Waals surface area contributed by atoms with Gasteiger partial charge in [0.1, 0.15) is 24.2 Å². The number of rotatable bonds is 11. The fraction of sp³-hybridized carbons (Fsp3) is 0.714. The van der Waals surface area contributed by atoms with E-state index in [9.17, 15) is 10.2 Å². The molecule has 1 aromatic carbocycles. The normalized spacial score (nSPS) is 17.3. The molecule has 0 unspecified atom stereocenters. The second-order valence-electron chi connectivity index (χ2n) is 7.83. The lowest BCUT2D eigenvalue weighted by Gasteiger charge is -2.31. The Morgan fingerprint density at radius 1 is 1.26 bits per heavy atom. The van der Waals surface area contributed by atoms with Crippen LogP contribution in [0.5, 0.6) is 11.5 Å². The van der Waals surface area contributed by atoms with Crippen molar-refractivity contribution in [1.82, 2.24) is 10.2 Å². The predicted molar refractivity (Wildman–Crippen MR) is 107 cm³/mol. The molecule has 0 saturated carbocycles. The van der Waals surface area contributed by atoms with Crippen molar-refractivity contribution >= 4 is 0 Å². The van der Waals surface area contributed by atoms with Crippen LogP contribution in [0.25, 0.3) is 0 Å². The van der Waals surface area contributed by atoms with E-state index in [1.807, 2.05) is 18.2 Å². The number of aliphatic hydroxyl groups excluding tert-OH is 2. The summed E-state index contributed by atoms with van der Waals surface area (Å²) in [6.07, 6.45) is 1.93. The minimum atomic E-state index is -0.552. The Labute approximate surface area is 163 Å². The summed E-state index contributed by atoms with van der Waals surface area (Å²) in [6.45, 7) is 8.57. The van der Waals surface area contributed by atoms with Crippen LogP contribution in [0.4, 0.5) is 0 Å². The molecule has 6 heteroatoms. The van der Waals surface area contributed by atoms with Crippen LogP contribution >= 0.6 is 0 Å². The summed E-state index contributed by atoms with van der Waals surface area (Å²) < 4.78 is 11.2. The molecule has 0 amide bonds. The van der Waals surface area contributed by atoms with E-state index in [2.05, 4.69) is 24.1 Å². The number of aliphatic hydroxyl groups is 2. The Kier molecular flexibility index (Phi) is 9.34. The van der Waals surface area contributed by atoms with Crippen LogP contribution in [0.15, 0.2) is 18.2 Å². The van der Waals surface area contributed by atoms with Crippen molar-refractivity contribution in [3.05, 3.63) is 23.8 Å². The Morgan fingerprint density at radius 3 is 2.67 bits per heavy atom. The van der Waals surface area contributed by atoms with Crippen molar-refractivity contribution in [2.45, 2.75) is 51.9 Å². The van der Waals surface area contributed by atoms with Crippen LogP contribution in [0, 0.1) is 5.92 Å². The lowest BCUT2D eigenvalue weighted by atomic mass is 10.1. The first-order chi connectivity index (χ1) is 13.0. The van der Waals surface area contributed by atoms with Gasteiger partial charge in [0, 0.05) is 31.7 Å². The minimum Gasteiger partial charge on any atom is -0.497 e. The van der Waals surface area contributed by atoms with Crippen LogP contribution in [-0.2, 0) is 6.54 Å². The monoisotopic (exact) mass is 380 g/mol. The number of piperidine rings is 1. The minimum absolute atomic E-state index is 0.195. The van der Waals surface area contributed by atoms with Crippen LogP contribution in [-0.4, -0.2) is 67.2 Å². The van der Waals surface area contributed by atoms with E-state index in [-0.39, 0.29) is 12.7 Å². The highest BCUT2D eigenvalue weighted by atomic mass is 16.5. The molecule has 1 saturated heterocycles. The van der Waals surface area contributed by atoms with Gasteiger partial charge in [-0.2, -0.15) is 0 Å². The zero-order chi connectivity index (χ0) is 19.6. The van der Waals surface area contributed by atoms with E-state index in [1.54, 1.807) is 7.11 Å². The summed E-state index contributed by atoms with van der Waals surface area (Å²) in [4.78, 5) is 2.18. The van der Waals surface area contributed by atoms with Crippen LogP contribution < -0.4 is 14.8 Å². The molecular formula is C21H36N2O4. The largest absolute Gasteiger partial charge is 0.497 e. The quantitative estimate of drug-likeness (QED) is 0.510. The van der Waals surface area contributed by atoms with E-state index in [0.717, 1.165) is 56.0 Å². The van der Waals surface area contributed by atoms with Crippen molar-refractivity contribution in [3.63, 3.8) is 0 Å². The van der Waals surface area contributed by atoms with Crippen LogP contribution in [0.1, 0.15) is 38.7 Å². The molecule has 3 N–H and O–H groups in total. The summed E-state index contributed by atoms with van der Waals surface area (Å²) >= 11 is 0. The molecule has 27 heavy (non-hydrogen) atoms. The molecule has 0 bridgehead atoms. The van der Waals surface area contributed by atoms with Crippen molar-refractivity contribution in [2.24, 2.45) is 5.92 Å². The second kappa shape index (κ2) is 11.5. The molecule has 1 fully saturated rings. The first-order valence-corrected chi connectivity index (χ1v) is 10.1. The lowest BCUT2D eigenvalue weighted by Crippen LogP contribution is -2.41. The predicted octanol–water partition coefficient (Wildman–Crippen LogP) is 2.03. The zero-order valence-corrected chi connectivity index (χ0v) is 17.0. The Balaban J connectivity index is 1.84. The van der Waals surface area contributed by atoms with Crippen LogP contribution in [0.2, 0.25) is 0 Å². The standard InChI is InChI=1S/C21H36N2O4/c1-16(2)6-9-22-13-17-12-20(26-3)4-5-21(17)27-15-19(25)14-23-10-7-18(24)8-11-23/h4-5,12,16,18-19,22,24-25H,6-11,13-15H2,1-3H3/t19-/m1/s1. The number of likely N-dealkylation sites (tertiary alicyclic amines) is 1. The number of methoxy groups -OCH3 is 1. The number of nitrogens with one attached hydrogen (secondary N) is 1. The van der Waals surface area contributed by atoms with Gasteiger partial charge >= 0.3 is 0 Å². The Morgan fingerprint density at radius 2 is 2.00 bits per heavy atom. The summed E-state index contributed by atoms with van der Waals surface area (Å²) in [5.74, 6) is 2.25. The number of ether oxygens (including phenoxy) is 2. The number of nitrogens with zero attached hydrogens (tertiary/aromatic N) is 1. The van der Waals surface area contributed by atoms with Crippen molar-refractivity contribution in [2.75, 3.05) is 39.9 Å². The fourth-order valence-corrected chi connectivity index (χ4v) is 3.21. The molecule has 0 radical (unpaired) electrons. The molecule has 0 aromatic heterocycles. The number of β-amino-alcohol motifs (C(OH)–C–C–N with tert-alkyl or cyclic N) is 1. The van der Waals surface area contributed by atoms with Gasteiger partial charge in [0.25, 0.3) is 0 Å². The van der Waals surface area contributed by atoms with E-state index < -0.39 is 6.10 Å². The first kappa shape index (κ1) is 22.0. The SMILES string of the molecule is COc1ccc(OC[C@H](O)CN2CCC(O)CC2)c(CNCCC(C)C)c1. The van der Waals surface area contributed by atoms with E-state index in [1.165, 1.54) is 0 Å². The third kappa shape index (κ3) is 8.05. The lowest BCUT2D eigenvalue weighted by molar-refractivity contribution is 0.0336. The first-order valence-electron chi connectivity index (χ1n) is 10.1. The zero-order valence-electron chi connectivity index (χ0n) is 17.0. The molecule has 2 rings (SSSR count). The van der Waals surface area contributed by atoms with Gasteiger partial charge < -0.3 is 29.9 Å². The van der Waals surface area contributed by atoms with Gasteiger partial charge in [-0.15, -0.1) is 0 Å². The van der Waals surface area contributed by atoms with Gasteiger partial charge in [-0.3, -0.25) is 0 Å². The van der Waals surface area contributed by atoms with Gasteiger partial charge in [0.2, 0.25) is 0 Å². The Bertz CT molecular complexity index is 545. The highest BCUT2D eigenvalue weighted by molar-refractivity contribution is 5.40. The molecule has 154 valence electrons. The molecule has 1 aromatic rings. The molecule has 6 nitrogen and oxygen atoms in total. The number of hydrogen-bond donors (Lipinski definition) is 3. The molecule has 1 aliphatic heterocycles.